The molecular formula is C10H17N3O2S2. The highest BCUT2D eigenvalue weighted by Gasteiger charge is 2.24. The van der Waals surface area contributed by atoms with Crippen LogP contribution in [0.4, 0.5) is 0 Å². The zero-order chi connectivity index (χ0) is 12.3. The standard InChI is InChI=1S/C10H17N3O2S2/c1-8(10-12-5-6-16-10)13-17(14,15)7-9-3-2-4-11-9/h5-6,8-9,11,13H,2-4,7H2,1H3. The Morgan fingerprint density at radius 3 is 3.12 bits per heavy atom. The maximum Gasteiger partial charge on any atom is 0.213 e. The molecule has 2 atom stereocenters. The van der Waals surface area contributed by atoms with E-state index in [9.17, 15) is 8.42 Å². The van der Waals surface area contributed by atoms with Gasteiger partial charge in [0.1, 0.15) is 5.01 Å². The van der Waals surface area contributed by atoms with Crippen LogP contribution in [-0.2, 0) is 10.0 Å². The van der Waals surface area contributed by atoms with E-state index in [1.807, 2.05) is 12.3 Å². The van der Waals surface area contributed by atoms with Crippen LogP contribution in [0.15, 0.2) is 11.6 Å². The number of thiazole rings is 1. The molecule has 0 saturated carbocycles. The molecule has 0 amide bonds. The third kappa shape index (κ3) is 3.74. The summed E-state index contributed by atoms with van der Waals surface area (Å²) in [5.74, 6) is 0.155. The van der Waals surface area contributed by atoms with Crippen molar-refractivity contribution in [1.29, 1.82) is 0 Å². The molecule has 2 heterocycles. The fourth-order valence-electron chi connectivity index (χ4n) is 1.98. The second-order valence-corrected chi connectivity index (χ2v) is 7.01. The highest BCUT2D eigenvalue weighted by atomic mass is 32.2. The molecule has 0 spiro atoms. The molecule has 17 heavy (non-hydrogen) atoms. The Kier molecular flexibility index (Phi) is 4.13. The van der Waals surface area contributed by atoms with E-state index in [2.05, 4.69) is 15.0 Å². The van der Waals surface area contributed by atoms with Crippen LogP contribution in [0.2, 0.25) is 0 Å². The zero-order valence-corrected chi connectivity index (χ0v) is 11.4. The van der Waals surface area contributed by atoms with Crippen molar-refractivity contribution in [1.82, 2.24) is 15.0 Å². The predicted octanol–water partition coefficient (Wildman–Crippen LogP) is 0.875. The topological polar surface area (TPSA) is 71.1 Å². The van der Waals surface area contributed by atoms with Crippen molar-refractivity contribution in [3.8, 4) is 0 Å². The number of nitrogens with one attached hydrogen (secondary N) is 2. The van der Waals surface area contributed by atoms with Crippen LogP contribution in [0.5, 0.6) is 0 Å². The molecule has 0 aliphatic carbocycles. The molecule has 96 valence electrons. The second-order valence-electron chi connectivity index (χ2n) is 4.28. The summed E-state index contributed by atoms with van der Waals surface area (Å²) in [5, 5.41) is 5.83. The third-order valence-corrected chi connectivity index (χ3v) is 5.27. The largest absolute Gasteiger partial charge is 0.313 e. The van der Waals surface area contributed by atoms with Crippen molar-refractivity contribution >= 4 is 21.4 Å². The van der Waals surface area contributed by atoms with Gasteiger partial charge in [-0.15, -0.1) is 11.3 Å². The number of nitrogens with zero attached hydrogens (tertiary/aromatic N) is 1. The van der Waals surface area contributed by atoms with Crippen LogP contribution in [-0.4, -0.2) is 31.7 Å². The lowest BCUT2D eigenvalue weighted by molar-refractivity contribution is 0.550. The van der Waals surface area contributed by atoms with Gasteiger partial charge in [-0.3, -0.25) is 0 Å². The van der Waals surface area contributed by atoms with Gasteiger partial charge in [0.15, 0.2) is 0 Å². The summed E-state index contributed by atoms with van der Waals surface area (Å²) < 4.78 is 26.5. The third-order valence-electron chi connectivity index (χ3n) is 2.76. The number of aromatic nitrogens is 1. The Hall–Kier alpha value is -0.500. The molecule has 2 N–H and O–H groups in total. The minimum atomic E-state index is -3.24. The molecule has 1 aromatic heterocycles. The molecular weight excluding hydrogens is 258 g/mol. The average molecular weight is 275 g/mol. The van der Waals surface area contributed by atoms with Gasteiger partial charge in [0.05, 0.1) is 11.8 Å². The first kappa shape index (κ1) is 12.9. The summed E-state index contributed by atoms with van der Waals surface area (Å²) in [7, 11) is -3.24. The highest BCUT2D eigenvalue weighted by molar-refractivity contribution is 7.89. The van der Waals surface area contributed by atoms with E-state index in [1.165, 1.54) is 11.3 Å². The summed E-state index contributed by atoms with van der Waals surface area (Å²) in [4.78, 5) is 4.11. The maximum atomic E-state index is 11.9. The van der Waals surface area contributed by atoms with E-state index < -0.39 is 10.0 Å². The first-order valence-corrected chi connectivity index (χ1v) is 8.23. The number of sulfonamides is 1. The van der Waals surface area contributed by atoms with Gasteiger partial charge in [-0.05, 0) is 26.3 Å². The van der Waals surface area contributed by atoms with Crippen LogP contribution in [0.25, 0.3) is 0 Å². The monoisotopic (exact) mass is 275 g/mol. The minimum Gasteiger partial charge on any atom is -0.313 e. The molecule has 2 rings (SSSR count). The van der Waals surface area contributed by atoms with E-state index >= 15 is 0 Å². The molecule has 1 saturated heterocycles. The van der Waals surface area contributed by atoms with Crippen molar-refractivity contribution in [2.45, 2.75) is 31.8 Å². The molecule has 0 bridgehead atoms. The first-order chi connectivity index (χ1) is 8.07. The van der Waals surface area contributed by atoms with Crippen LogP contribution >= 0.6 is 11.3 Å². The Morgan fingerprint density at radius 2 is 2.53 bits per heavy atom. The van der Waals surface area contributed by atoms with Crippen molar-refractivity contribution in [3.05, 3.63) is 16.6 Å². The molecule has 1 aliphatic heterocycles. The van der Waals surface area contributed by atoms with E-state index in [4.69, 9.17) is 0 Å². The fourth-order valence-corrected chi connectivity index (χ4v) is 4.26. The van der Waals surface area contributed by atoms with Gasteiger partial charge < -0.3 is 5.32 Å². The Morgan fingerprint density at radius 1 is 1.71 bits per heavy atom. The van der Waals surface area contributed by atoms with Gasteiger partial charge in [-0.2, -0.15) is 0 Å². The van der Waals surface area contributed by atoms with Crippen LogP contribution in [0.1, 0.15) is 30.8 Å². The number of hydrogen-bond acceptors (Lipinski definition) is 5. The van der Waals surface area contributed by atoms with E-state index in [0.717, 1.165) is 24.4 Å². The summed E-state index contributed by atoms with van der Waals surface area (Å²) >= 11 is 1.46. The lowest BCUT2D eigenvalue weighted by atomic mass is 10.3. The summed E-state index contributed by atoms with van der Waals surface area (Å²) in [6.45, 7) is 2.74. The van der Waals surface area contributed by atoms with Crippen LogP contribution in [0, 0.1) is 0 Å². The van der Waals surface area contributed by atoms with E-state index in [0.29, 0.717) is 0 Å². The van der Waals surface area contributed by atoms with E-state index in [1.54, 1.807) is 6.20 Å². The molecule has 1 fully saturated rings. The molecule has 1 aliphatic rings. The van der Waals surface area contributed by atoms with E-state index in [-0.39, 0.29) is 17.8 Å². The van der Waals surface area contributed by atoms with Crippen molar-refractivity contribution in [3.63, 3.8) is 0 Å². The molecule has 0 radical (unpaired) electrons. The highest BCUT2D eigenvalue weighted by Crippen LogP contribution is 2.16. The van der Waals surface area contributed by atoms with Gasteiger partial charge >= 0.3 is 0 Å². The van der Waals surface area contributed by atoms with Crippen LogP contribution in [0.3, 0.4) is 0 Å². The van der Waals surface area contributed by atoms with Gasteiger partial charge in [-0.25, -0.2) is 18.1 Å². The van der Waals surface area contributed by atoms with Gasteiger partial charge in [0.2, 0.25) is 10.0 Å². The molecule has 5 nitrogen and oxygen atoms in total. The van der Waals surface area contributed by atoms with Gasteiger partial charge in [0.25, 0.3) is 0 Å². The van der Waals surface area contributed by atoms with Gasteiger partial charge in [0, 0.05) is 17.6 Å². The number of hydrogen-bond donors (Lipinski definition) is 2. The molecule has 1 aromatic rings. The second kappa shape index (κ2) is 5.43. The SMILES string of the molecule is CC(NS(=O)(=O)CC1CCCN1)c1nccs1. The summed E-state index contributed by atoms with van der Waals surface area (Å²) in [6, 6.07) is -0.155. The Balaban J connectivity index is 1.92. The Labute approximate surface area is 106 Å². The normalized spacial score (nSPS) is 22.8. The van der Waals surface area contributed by atoms with Crippen molar-refractivity contribution < 1.29 is 8.42 Å². The smallest absolute Gasteiger partial charge is 0.213 e. The van der Waals surface area contributed by atoms with Gasteiger partial charge in [-0.1, -0.05) is 0 Å². The van der Waals surface area contributed by atoms with Crippen molar-refractivity contribution in [2.24, 2.45) is 0 Å². The summed E-state index contributed by atoms with van der Waals surface area (Å²) in [6.07, 6.45) is 3.68. The van der Waals surface area contributed by atoms with Crippen LogP contribution < -0.4 is 10.0 Å². The maximum absolute atomic E-state index is 11.9. The molecule has 7 heteroatoms. The minimum absolute atomic E-state index is 0.0935. The quantitative estimate of drug-likeness (QED) is 0.836. The Bertz CT molecular complexity index is 438. The fraction of sp³-hybridized carbons (Fsp3) is 0.700. The first-order valence-electron chi connectivity index (χ1n) is 5.69. The summed E-state index contributed by atoms with van der Waals surface area (Å²) in [5.41, 5.74) is 0. The molecule has 0 aromatic carbocycles. The lowest BCUT2D eigenvalue weighted by Gasteiger charge is -2.15. The lowest BCUT2D eigenvalue weighted by Crippen LogP contribution is -2.37. The zero-order valence-electron chi connectivity index (χ0n) is 9.72. The van der Waals surface area contributed by atoms with Crippen molar-refractivity contribution in [2.75, 3.05) is 12.3 Å². The predicted molar refractivity (Wildman–Crippen MR) is 68.5 cm³/mol. The molecule has 2 unspecified atom stereocenters. The number of rotatable bonds is 5. The average Bonchev–Trinajstić information content (AvgIpc) is 2.85.